The van der Waals surface area contributed by atoms with Crippen LogP contribution in [0.4, 0.5) is 0 Å². The molecule has 0 bridgehead atoms. The number of methoxy groups -OCH3 is 1. The fraction of sp³-hybridized carbons (Fsp3) is 0.981. The second kappa shape index (κ2) is 26.0. The molecule has 0 aromatic carbocycles. The average Bonchev–Trinajstić information content (AvgIpc) is 3.87. The highest BCUT2D eigenvalue weighted by Crippen LogP contribution is 2.68. The largest absolute Gasteiger partial charge is 0.394 e. The molecule has 0 radical (unpaired) electrons. The minimum Gasteiger partial charge on any atom is -0.394 e. The third-order valence-electron chi connectivity index (χ3n) is 19.7. The van der Waals surface area contributed by atoms with Crippen molar-refractivity contribution in [3.05, 3.63) is 0 Å². The molecule has 8 rings (SSSR count). The fourth-order valence-electron chi connectivity index (χ4n) is 15.2. The Morgan fingerprint density at radius 2 is 1.03 bits per heavy atom. The lowest BCUT2D eigenvalue weighted by molar-refractivity contribution is -0.362. The molecule has 4 aliphatic carbocycles. The number of carbonyl (C=O) groups is 1. The zero-order valence-corrected chi connectivity index (χ0v) is 44.5. The predicted octanol–water partition coefficient (Wildman–Crippen LogP) is -4.16. The number of ether oxygens (including phenoxy) is 9. The van der Waals surface area contributed by atoms with Gasteiger partial charge in [0.15, 0.2) is 25.2 Å². The summed E-state index contributed by atoms with van der Waals surface area (Å²) in [5.74, 6) is 2.90. The van der Waals surface area contributed by atoms with Crippen LogP contribution in [0.1, 0.15) is 91.4 Å². The van der Waals surface area contributed by atoms with Crippen molar-refractivity contribution in [2.75, 3.05) is 46.8 Å². The molecular formula is C52H89NO24. The number of nitrogens with one attached hydrogen (secondary N) is 1. The van der Waals surface area contributed by atoms with Gasteiger partial charge in [0.2, 0.25) is 5.91 Å². The van der Waals surface area contributed by atoms with Crippen molar-refractivity contribution < 1.29 is 119 Å². The first-order valence-corrected chi connectivity index (χ1v) is 27.9. The fourth-order valence-corrected chi connectivity index (χ4v) is 15.2. The van der Waals surface area contributed by atoms with Crippen molar-refractivity contribution in [2.45, 2.75) is 226 Å². The van der Waals surface area contributed by atoms with Gasteiger partial charge in [0.1, 0.15) is 97.7 Å². The van der Waals surface area contributed by atoms with E-state index in [4.69, 9.17) is 42.6 Å². The Morgan fingerprint density at radius 1 is 0.558 bits per heavy atom. The summed E-state index contributed by atoms with van der Waals surface area (Å²) >= 11 is 0. The number of aliphatic hydroxyl groups is 14. The summed E-state index contributed by atoms with van der Waals surface area (Å²) in [7, 11) is 1.83. The Balaban J connectivity index is 0.916. The van der Waals surface area contributed by atoms with Crippen LogP contribution in [-0.4, -0.2) is 259 Å². The van der Waals surface area contributed by atoms with Gasteiger partial charge in [-0.15, -0.1) is 0 Å². The molecule has 0 aromatic heterocycles. The SMILES string of the molecule is CO[C@@H]1CC[C@@]2(C)[C@H](CC[C@@H]3[C@@H]2CC[C@]2(C)[C@@H]([C@H](C)CCC(=O)NC(CO[C@@H]4OC(CO)C(O[C@@H]5OC(CO)[C@@H](O)[C@H](O)C5O)[C@H](O)C4O)CO[C@@H]4OC(CO)[C@@H](OC5OC(CO)[C@@H](O)[C@H](O)[C@@H]5O)[C@H](O)C4O)CC[C@@H]32)C1. The smallest absolute Gasteiger partial charge is 0.220 e. The van der Waals surface area contributed by atoms with Crippen LogP contribution in [0.25, 0.3) is 0 Å². The molecule has 0 spiro atoms. The summed E-state index contributed by atoms with van der Waals surface area (Å²) in [6.07, 6.45) is -22.7. The first-order chi connectivity index (χ1) is 36.6. The molecule has 25 heteroatoms. The third kappa shape index (κ3) is 12.4. The van der Waals surface area contributed by atoms with Gasteiger partial charge >= 0.3 is 0 Å². The van der Waals surface area contributed by atoms with E-state index in [1.807, 2.05) is 7.11 Å². The maximum Gasteiger partial charge on any atom is 0.220 e. The van der Waals surface area contributed by atoms with Crippen molar-refractivity contribution in [1.29, 1.82) is 0 Å². The minimum atomic E-state index is -1.91. The Hall–Kier alpha value is -1.45. The molecule has 4 saturated carbocycles. The van der Waals surface area contributed by atoms with Crippen molar-refractivity contribution in [3.8, 4) is 0 Å². The van der Waals surface area contributed by atoms with Crippen LogP contribution >= 0.6 is 0 Å². The van der Waals surface area contributed by atoms with Crippen LogP contribution in [0.3, 0.4) is 0 Å². The molecule has 77 heavy (non-hydrogen) atoms. The van der Waals surface area contributed by atoms with E-state index in [-0.39, 0.29) is 17.8 Å². The van der Waals surface area contributed by atoms with Gasteiger partial charge in [0.25, 0.3) is 0 Å². The predicted molar refractivity (Wildman–Crippen MR) is 261 cm³/mol. The number of carbonyl (C=O) groups excluding carboxylic acids is 1. The third-order valence-corrected chi connectivity index (χ3v) is 19.7. The zero-order valence-electron chi connectivity index (χ0n) is 44.5. The molecule has 4 aliphatic heterocycles. The second-order valence-corrected chi connectivity index (χ2v) is 24.0. The first kappa shape index (κ1) is 61.6. The van der Waals surface area contributed by atoms with Crippen molar-refractivity contribution in [1.82, 2.24) is 5.32 Å². The Bertz CT molecular complexity index is 1800. The minimum absolute atomic E-state index is 0.108. The van der Waals surface area contributed by atoms with E-state index in [1.54, 1.807) is 0 Å². The molecule has 10 unspecified atom stereocenters. The lowest BCUT2D eigenvalue weighted by atomic mass is 9.44. The van der Waals surface area contributed by atoms with Gasteiger partial charge in [-0.3, -0.25) is 4.79 Å². The maximum absolute atomic E-state index is 14.0. The molecule has 0 aromatic rings. The summed E-state index contributed by atoms with van der Waals surface area (Å²) < 4.78 is 51.5. The van der Waals surface area contributed by atoms with E-state index in [0.717, 1.165) is 25.7 Å². The van der Waals surface area contributed by atoms with Crippen molar-refractivity contribution in [2.24, 2.45) is 46.3 Å². The van der Waals surface area contributed by atoms with E-state index < -0.39 is 174 Å². The second-order valence-electron chi connectivity index (χ2n) is 24.0. The van der Waals surface area contributed by atoms with Gasteiger partial charge in [-0.25, -0.2) is 0 Å². The van der Waals surface area contributed by atoms with Crippen LogP contribution in [0, 0.1) is 46.3 Å². The van der Waals surface area contributed by atoms with Gasteiger partial charge in [0.05, 0.1) is 51.8 Å². The van der Waals surface area contributed by atoms with Crippen molar-refractivity contribution in [3.63, 3.8) is 0 Å². The molecule has 25 nitrogen and oxygen atoms in total. The van der Waals surface area contributed by atoms with Crippen LogP contribution in [0.5, 0.6) is 0 Å². The average molecular weight is 1110 g/mol. The highest BCUT2D eigenvalue weighted by atomic mass is 16.8. The van der Waals surface area contributed by atoms with E-state index in [2.05, 4.69) is 26.1 Å². The number of hydrogen-bond donors (Lipinski definition) is 15. The number of amides is 1. The van der Waals surface area contributed by atoms with Crippen LogP contribution in [0.15, 0.2) is 0 Å². The van der Waals surface area contributed by atoms with Gasteiger partial charge < -0.3 is 119 Å². The standard InChI is InChI=1S/C52H89NO24/c1-22(27-8-9-28-26-7-6-23-15-25(69-4)11-13-51(23,2)29(26)12-14-52(27,28)3)5-10-34(58)53-24(20-70-47-43(67)39(63)45(32(18-56)74-47)76-49-41(65)37(61)35(59)30(16-54)72-49)21-71-48-44(68)40(64)46(33(19-57)75-48)77-50-42(66)38(62)36(60)31(17-55)73-50/h22-33,35-50,54-57,59-68H,5-21H2,1-4H3,(H,53,58)/t22-,23-,24?,25-,26+,27-,28+,29+,30?,31?,32?,33?,35-,36-,37+,38+,39-,40-,41+,42?,43?,44?,45-,46?,47-,48-,49?,50+,51+,52-/m1/s1. The number of aliphatic hydroxyl groups excluding tert-OH is 14. The number of fused-ring (bicyclic) bond motifs is 5. The molecule has 4 heterocycles. The molecule has 4 saturated heterocycles. The zero-order chi connectivity index (χ0) is 55.8. The maximum atomic E-state index is 14.0. The van der Waals surface area contributed by atoms with Gasteiger partial charge in [-0.1, -0.05) is 20.8 Å². The lowest BCUT2D eigenvalue weighted by Crippen LogP contribution is -2.65. The highest BCUT2D eigenvalue weighted by molar-refractivity contribution is 5.76. The lowest BCUT2D eigenvalue weighted by Gasteiger charge is -2.61. The molecular weight excluding hydrogens is 1020 g/mol. The van der Waals surface area contributed by atoms with Gasteiger partial charge in [-0.05, 0) is 111 Å². The quantitative estimate of drug-likeness (QED) is 0.0550. The molecule has 15 N–H and O–H groups in total. The number of rotatable bonds is 20. The van der Waals surface area contributed by atoms with Gasteiger partial charge in [-0.2, -0.15) is 0 Å². The normalized spacial score (nSPS) is 50.0. The topological polar surface area (TPSA) is 395 Å². The van der Waals surface area contributed by atoms with Crippen LogP contribution in [0.2, 0.25) is 0 Å². The summed E-state index contributed by atoms with van der Waals surface area (Å²) in [4.78, 5) is 14.0. The first-order valence-electron chi connectivity index (χ1n) is 27.9. The van der Waals surface area contributed by atoms with Crippen LogP contribution in [-0.2, 0) is 47.4 Å². The molecule has 8 fully saturated rings. The number of hydrogen-bond acceptors (Lipinski definition) is 24. The summed E-state index contributed by atoms with van der Waals surface area (Å²) in [5.41, 5.74) is 0.470. The van der Waals surface area contributed by atoms with Crippen molar-refractivity contribution >= 4 is 5.91 Å². The van der Waals surface area contributed by atoms with Crippen LogP contribution < -0.4 is 5.32 Å². The van der Waals surface area contributed by atoms with E-state index in [9.17, 15) is 76.3 Å². The summed E-state index contributed by atoms with van der Waals surface area (Å²) in [6.45, 7) is 3.00. The molecule has 8 aliphatic rings. The highest BCUT2D eigenvalue weighted by Gasteiger charge is 2.61. The van der Waals surface area contributed by atoms with E-state index in [0.29, 0.717) is 47.5 Å². The molecule has 446 valence electrons. The Morgan fingerprint density at radius 3 is 1.52 bits per heavy atom. The van der Waals surface area contributed by atoms with E-state index >= 15 is 0 Å². The van der Waals surface area contributed by atoms with Gasteiger partial charge in [0, 0.05) is 13.5 Å². The molecule has 30 atom stereocenters. The Kier molecular flexibility index (Phi) is 20.8. The van der Waals surface area contributed by atoms with E-state index in [1.165, 1.54) is 32.1 Å². The Labute approximate surface area is 448 Å². The monoisotopic (exact) mass is 1110 g/mol. The summed E-state index contributed by atoms with van der Waals surface area (Å²) in [6, 6.07) is -1.12. The molecule has 1 amide bonds. The summed E-state index contributed by atoms with van der Waals surface area (Å²) in [5, 5.41) is 150.